The molecule has 3 rings (SSSR count). The molecule has 0 radical (unpaired) electrons. The Hall–Kier alpha value is -0.890. The van der Waals surface area contributed by atoms with Gasteiger partial charge in [-0.3, -0.25) is 0 Å². The SMILES string of the molecule is [O-][P+]1=C2OC3=CC3=CC2=CCO1. The van der Waals surface area contributed by atoms with E-state index in [9.17, 15) is 4.89 Å². The van der Waals surface area contributed by atoms with Gasteiger partial charge in [0, 0.05) is 5.57 Å². The monoisotopic (exact) mass is 180 g/mol. The first-order chi connectivity index (χ1) is 5.84. The van der Waals surface area contributed by atoms with E-state index in [2.05, 4.69) is 0 Å². The molecule has 60 valence electrons. The van der Waals surface area contributed by atoms with E-state index in [1.807, 2.05) is 18.2 Å². The molecule has 2 heterocycles. The fourth-order valence-corrected chi connectivity index (χ4v) is 2.11. The molecule has 1 unspecified atom stereocenters. The summed E-state index contributed by atoms with van der Waals surface area (Å²) in [6.07, 6.45) is 5.77. The first-order valence-electron chi connectivity index (χ1n) is 3.64. The van der Waals surface area contributed by atoms with E-state index >= 15 is 0 Å². The van der Waals surface area contributed by atoms with Gasteiger partial charge in [0.05, 0.1) is 5.57 Å². The summed E-state index contributed by atoms with van der Waals surface area (Å²) in [7, 11) is -1.76. The third kappa shape index (κ3) is 0.815. The van der Waals surface area contributed by atoms with Gasteiger partial charge in [-0.1, -0.05) is 0 Å². The van der Waals surface area contributed by atoms with Crippen LogP contribution in [-0.2, 0) is 9.26 Å². The van der Waals surface area contributed by atoms with Crippen molar-refractivity contribution in [1.29, 1.82) is 0 Å². The Kier molecular flexibility index (Phi) is 1.14. The van der Waals surface area contributed by atoms with Crippen molar-refractivity contribution in [3.05, 3.63) is 35.1 Å². The Morgan fingerprint density at radius 2 is 2.25 bits per heavy atom. The van der Waals surface area contributed by atoms with Gasteiger partial charge in [0.1, 0.15) is 12.4 Å². The van der Waals surface area contributed by atoms with Crippen molar-refractivity contribution >= 4 is 13.5 Å². The van der Waals surface area contributed by atoms with Gasteiger partial charge < -0.3 is 9.63 Å². The van der Waals surface area contributed by atoms with Gasteiger partial charge in [-0.15, -0.1) is 0 Å². The van der Waals surface area contributed by atoms with Crippen molar-refractivity contribution in [2.45, 2.75) is 0 Å². The van der Waals surface area contributed by atoms with E-state index < -0.39 is 8.00 Å². The van der Waals surface area contributed by atoms with Crippen LogP contribution in [0.1, 0.15) is 0 Å². The standard InChI is InChI=1S/C8H5O3P/c9-12-8-5(1-2-10-12)3-6-4-7(6)11-8/h1,3-4H,2H2. The number of hydrogen-bond acceptors (Lipinski definition) is 3. The highest BCUT2D eigenvalue weighted by Gasteiger charge is 2.34. The first-order valence-corrected chi connectivity index (χ1v) is 4.81. The highest BCUT2D eigenvalue weighted by molar-refractivity contribution is 7.47. The molecule has 0 saturated heterocycles. The lowest BCUT2D eigenvalue weighted by Crippen LogP contribution is -2.16. The van der Waals surface area contributed by atoms with E-state index in [-0.39, 0.29) is 0 Å². The Morgan fingerprint density at radius 3 is 3.17 bits per heavy atom. The van der Waals surface area contributed by atoms with Crippen LogP contribution in [0, 0.1) is 0 Å². The number of hydrogen-bond donors (Lipinski definition) is 0. The maximum Gasteiger partial charge on any atom is 0.336 e. The second kappa shape index (κ2) is 2.07. The molecule has 3 aliphatic rings. The minimum Gasteiger partial charge on any atom is -0.600 e. The molecule has 12 heavy (non-hydrogen) atoms. The summed E-state index contributed by atoms with van der Waals surface area (Å²) < 4.78 is 10.2. The lowest BCUT2D eigenvalue weighted by Gasteiger charge is -2.13. The van der Waals surface area contributed by atoms with Crippen LogP contribution in [0.4, 0.5) is 0 Å². The summed E-state index contributed by atoms with van der Waals surface area (Å²) in [6.45, 7) is 0.413. The summed E-state index contributed by atoms with van der Waals surface area (Å²) in [6, 6.07) is 0. The van der Waals surface area contributed by atoms with Gasteiger partial charge in [-0.05, 0) is 18.2 Å². The predicted octanol–water partition coefficient (Wildman–Crippen LogP) is 0.599. The Balaban J connectivity index is 2.14. The topological polar surface area (TPSA) is 41.5 Å². The fraction of sp³-hybridized carbons (Fsp3) is 0.125. The molecule has 0 amide bonds. The number of ether oxygens (including phenoxy) is 1. The molecule has 2 aliphatic heterocycles. The molecule has 0 aromatic heterocycles. The van der Waals surface area contributed by atoms with Crippen LogP contribution < -0.4 is 4.89 Å². The van der Waals surface area contributed by atoms with Crippen LogP contribution in [0.5, 0.6) is 0 Å². The number of fused-ring (bicyclic) bond motifs is 2. The molecule has 0 bridgehead atoms. The Morgan fingerprint density at radius 1 is 1.33 bits per heavy atom. The normalized spacial score (nSPS) is 27.6. The smallest absolute Gasteiger partial charge is 0.336 e. The van der Waals surface area contributed by atoms with Gasteiger partial charge >= 0.3 is 5.48 Å². The minimum absolute atomic E-state index is 0.413. The third-order valence-corrected chi connectivity index (χ3v) is 2.98. The molecule has 3 nitrogen and oxygen atoms in total. The quantitative estimate of drug-likeness (QED) is 0.512. The zero-order valence-electron chi connectivity index (χ0n) is 6.11. The zero-order valence-corrected chi connectivity index (χ0v) is 7.01. The van der Waals surface area contributed by atoms with Gasteiger partial charge in [0.15, 0.2) is 0 Å². The number of allylic oxidation sites excluding steroid dienone is 2. The van der Waals surface area contributed by atoms with Crippen LogP contribution in [0.3, 0.4) is 0 Å². The molecule has 0 saturated carbocycles. The Labute approximate surface area is 70.2 Å². The van der Waals surface area contributed by atoms with Crippen molar-refractivity contribution in [3.8, 4) is 0 Å². The van der Waals surface area contributed by atoms with E-state index in [1.54, 1.807) is 0 Å². The summed E-state index contributed by atoms with van der Waals surface area (Å²) in [5.41, 5.74) is 2.49. The van der Waals surface area contributed by atoms with Gasteiger partial charge in [-0.25, -0.2) is 0 Å². The van der Waals surface area contributed by atoms with Crippen molar-refractivity contribution < 1.29 is 14.2 Å². The van der Waals surface area contributed by atoms with Crippen molar-refractivity contribution in [2.75, 3.05) is 6.61 Å². The van der Waals surface area contributed by atoms with E-state index in [0.29, 0.717) is 12.1 Å². The van der Waals surface area contributed by atoms with Gasteiger partial charge in [-0.2, -0.15) is 4.52 Å². The molecule has 0 spiro atoms. The summed E-state index contributed by atoms with van der Waals surface area (Å²) in [5.74, 6) is 0.830. The molecule has 0 aromatic carbocycles. The molecule has 0 N–H and O–H groups in total. The van der Waals surface area contributed by atoms with Crippen molar-refractivity contribution in [1.82, 2.24) is 0 Å². The lowest BCUT2D eigenvalue weighted by atomic mass is 10.2. The highest BCUT2D eigenvalue weighted by atomic mass is 31.1. The minimum atomic E-state index is -1.76. The maximum atomic E-state index is 11.3. The summed E-state index contributed by atoms with van der Waals surface area (Å²) >= 11 is 0. The average Bonchev–Trinajstić information content (AvgIpc) is 2.79. The van der Waals surface area contributed by atoms with Gasteiger partial charge in [0.25, 0.3) is 8.00 Å². The molecule has 0 aromatic rings. The van der Waals surface area contributed by atoms with Crippen LogP contribution >= 0.6 is 8.00 Å². The predicted molar refractivity (Wildman–Crippen MR) is 43.2 cm³/mol. The van der Waals surface area contributed by atoms with Crippen LogP contribution in [0.15, 0.2) is 35.1 Å². The van der Waals surface area contributed by atoms with E-state index in [4.69, 9.17) is 9.26 Å². The molecule has 1 atom stereocenters. The third-order valence-electron chi connectivity index (χ3n) is 1.91. The largest absolute Gasteiger partial charge is 0.600 e. The summed E-state index contributed by atoms with van der Waals surface area (Å²) in [5, 5.41) is 0. The van der Waals surface area contributed by atoms with Crippen LogP contribution in [0.25, 0.3) is 0 Å². The van der Waals surface area contributed by atoms with E-state index in [1.165, 1.54) is 0 Å². The molecule has 1 aliphatic carbocycles. The van der Waals surface area contributed by atoms with Crippen molar-refractivity contribution in [3.63, 3.8) is 0 Å². The molecule has 4 heteroatoms. The fourth-order valence-electron chi connectivity index (χ4n) is 1.24. The zero-order chi connectivity index (χ0) is 8.13. The van der Waals surface area contributed by atoms with Crippen LogP contribution in [0.2, 0.25) is 0 Å². The molecular weight excluding hydrogens is 175 g/mol. The maximum absolute atomic E-state index is 11.3. The van der Waals surface area contributed by atoms with E-state index in [0.717, 1.165) is 16.9 Å². The second-order valence-corrected chi connectivity index (χ2v) is 3.91. The summed E-state index contributed by atoms with van der Waals surface area (Å²) in [4.78, 5) is 11.3. The highest BCUT2D eigenvalue weighted by Crippen LogP contribution is 2.40. The number of rotatable bonds is 0. The Bertz CT molecular complexity index is 387. The average molecular weight is 180 g/mol. The molecule has 0 fully saturated rings. The van der Waals surface area contributed by atoms with Crippen molar-refractivity contribution in [2.24, 2.45) is 0 Å². The first kappa shape index (κ1) is 6.61. The second-order valence-electron chi connectivity index (χ2n) is 2.73. The van der Waals surface area contributed by atoms with Crippen LogP contribution in [-0.4, -0.2) is 12.1 Å². The van der Waals surface area contributed by atoms with Gasteiger partial charge in [0.2, 0.25) is 0 Å². The lowest BCUT2D eigenvalue weighted by molar-refractivity contribution is -0.172. The molecular formula is C8H5O3P.